The molecule has 0 aromatic heterocycles. The fourth-order valence-electron chi connectivity index (χ4n) is 2.38. The highest BCUT2D eigenvalue weighted by Crippen LogP contribution is 2.38. The molecule has 0 N–H and O–H groups in total. The van der Waals surface area contributed by atoms with E-state index >= 15 is 0 Å². The molecule has 0 saturated carbocycles. The Morgan fingerprint density at radius 2 is 1.72 bits per heavy atom. The molecule has 18 heavy (non-hydrogen) atoms. The van der Waals surface area contributed by atoms with Crippen LogP contribution in [-0.2, 0) is 5.41 Å². The van der Waals surface area contributed by atoms with Gasteiger partial charge in [0.15, 0.2) is 0 Å². The fourth-order valence-corrected chi connectivity index (χ4v) is 2.38. The van der Waals surface area contributed by atoms with Crippen molar-refractivity contribution in [2.45, 2.75) is 52.5 Å². The summed E-state index contributed by atoms with van der Waals surface area (Å²) in [6.45, 7) is 15.3. The van der Waals surface area contributed by atoms with Crippen molar-refractivity contribution in [2.24, 2.45) is 0 Å². The number of ether oxygens (including phenoxy) is 1. The van der Waals surface area contributed by atoms with Crippen LogP contribution in [-0.4, -0.2) is 18.7 Å². The van der Waals surface area contributed by atoms with Gasteiger partial charge in [-0.05, 0) is 43.9 Å². The Kier molecular flexibility index (Phi) is 3.08. The van der Waals surface area contributed by atoms with E-state index in [-0.39, 0.29) is 11.0 Å². The van der Waals surface area contributed by atoms with Gasteiger partial charge >= 0.3 is 0 Å². The molecule has 1 heterocycles. The SMILES string of the molecule is CC(C)(C)c1ccc2c(c1)N(C(C)(C)C)CCO2. The van der Waals surface area contributed by atoms with Gasteiger partial charge in [-0.25, -0.2) is 0 Å². The molecule has 0 spiro atoms. The number of benzene rings is 1. The van der Waals surface area contributed by atoms with Crippen LogP contribution in [0.3, 0.4) is 0 Å². The lowest BCUT2D eigenvalue weighted by Gasteiger charge is -2.41. The summed E-state index contributed by atoms with van der Waals surface area (Å²) in [6, 6.07) is 6.60. The van der Waals surface area contributed by atoms with Crippen LogP contribution in [0.25, 0.3) is 0 Å². The molecule has 1 aromatic rings. The summed E-state index contributed by atoms with van der Waals surface area (Å²) in [5.74, 6) is 1.02. The second kappa shape index (κ2) is 4.18. The minimum absolute atomic E-state index is 0.134. The Morgan fingerprint density at radius 3 is 2.28 bits per heavy atom. The van der Waals surface area contributed by atoms with Crippen LogP contribution >= 0.6 is 0 Å². The summed E-state index contributed by atoms with van der Waals surface area (Å²) in [5.41, 5.74) is 2.91. The third kappa shape index (κ3) is 2.47. The molecule has 0 saturated heterocycles. The molecular formula is C16H25NO. The van der Waals surface area contributed by atoms with E-state index in [1.165, 1.54) is 11.3 Å². The highest BCUT2D eigenvalue weighted by molar-refractivity contribution is 5.63. The number of anilines is 1. The van der Waals surface area contributed by atoms with Gasteiger partial charge in [-0.2, -0.15) is 0 Å². The van der Waals surface area contributed by atoms with Crippen molar-refractivity contribution in [3.8, 4) is 5.75 Å². The maximum Gasteiger partial charge on any atom is 0.142 e. The Labute approximate surface area is 111 Å². The number of hydrogen-bond acceptors (Lipinski definition) is 2. The average Bonchev–Trinajstić information content (AvgIpc) is 2.25. The van der Waals surface area contributed by atoms with Crippen LogP contribution < -0.4 is 9.64 Å². The molecule has 0 atom stereocenters. The van der Waals surface area contributed by atoms with Gasteiger partial charge in [-0.1, -0.05) is 26.8 Å². The standard InChI is InChI=1S/C16H25NO/c1-15(2,3)12-7-8-14-13(11-12)17(9-10-18-14)16(4,5)6/h7-8,11H,9-10H2,1-6H3. The van der Waals surface area contributed by atoms with Crippen LogP contribution in [0.2, 0.25) is 0 Å². The molecule has 0 bridgehead atoms. The largest absolute Gasteiger partial charge is 0.490 e. The summed E-state index contributed by atoms with van der Waals surface area (Å²) >= 11 is 0. The van der Waals surface area contributed by atoms with Gasteiger partial charge in [0, 0.05) is 5.54 Å². The van der Waals surface area contributed by atoms with Gasteiger partial charge < -0.3 is 9.64 Å². The zero-order valence-electron chi connectivity index (χ0n) is 12.5. The molecule has 0 radical (unpaired) electrons. The van der Waals surface area contributed by atoms with Crippen molar-refractivity contribution in [2.75, 3.05) is 18.1 Å². The van der Waals surface area contributed by atoms with Crippen molar-refractivity contribution in [3.63, 3.8) is 0 Å². The highest BCUT2D eigenvalue weighted by Gasteiger charge is 2.28. The zero-order valence-corrected chi connectivity index (χ0v) is 12.5. The molecule has 100 valence electrons. The Bertz CT molecular complexity index is 437. The first-order valence-electron chi connectivity index (χ1n) is 6.74. The van der Waals surface area contributed by atoms with Crippen LogP contribution in [0.15, 0.2) is 18.2 Å². The number of fused-ring (bicyclic) bond motifs is 1. The minimum atomic E-state index is 0.134. The summed E-state index contributed by atoms with van der Waals surface area (Å²) in [5, 5.41) is 0. The second-order valence-electron chi connectivity index (χ2n) is 7.10. The molecule has 1 aliphatic heterocycles. The molecule has 1 aliphatic rings. The Balaban J connectivity index is 2.48. The molecule has 2 heteroatoms. The third-order valence-corrected chi connectivity index (χ3v) is 3.50. The first-order chi connectivity index (χ1) is 8.19. The second-order valence-corrected chi connectivity index (χ2v) is 7.10. The van der Waals surface area contributed by atoms with E-state index in [2.05, 4.69) is 64.6 Å². The molecule has 1 aromatic carbocycles. The summed E-state index contributed by atoms with van der Waals surface area (Å²) in [6.07, 6.45) is 0. The van der Waals surface area contributed by atoms with Crippen molar-refractivity contribution in [1.82, 2.24) is 0 Å². The molecule has 0 aliphatic carbocycles. The van der Waals surface area contributed by atoms with E-state index in [9.17, 15) is 0 Å². The number of hydrogen-bond donors (Lipinski definition) is 0. The van der Waals surface area contributed by atoms with E-state index < -0.39 is 0 Å². The molecule has 0 unspecified atom stereocenters. The van der Waals surface area contributed by atoms with Gasteiger partial charge in [-0.3, -0.25) is 0 Å². The number of nitrogens with zero attached hydrogens (tertiary/aromatic N) is 1. The third-order valence-electron chi connectivity index (χ3n) is 3.50. The maximum absolute atomic E-state index is 5.77. The van der Waals surface area contributed by atoms with Crippen LogP contribution in [0, 0.1) is 0 Å². The van der Waals surface area contributed by atoms with Crippen molar-refractivity contribution >= 4 is 5.69 Å². The molecular weight excluding hydrogens is 222 g/mol. The van der Waals surface area contributed by atoms with E-state index in [0.29, 0.717) is 0 Å². The van der Waals surface area contributed by atoms with Crippen LogP contribution in [0.5, 0.6) is 5.75 Å². The monoisotopic (exact) mass is 247 g/mol. The first-order valence-corrected chi connectivity index (χ1v) is 6.74. The van der Waals surface area contributed by atoms with Crippen LogP contribution in [0.1, 0.15) is 47.1 Å². The smallest absolute Gasteiger partial charge is 0.142 e. The highest BCUT2D eigenvalue weighted by atomic mass is 16.5. The summed E-state index contributed by atoms with van der Waals surface area (Å²) < 4.78 is 5.77. The molecule has 2 rings (SSSR count). The lowest BCUT2D eigenvalue weighted by atomic mass is 9.86. The molecule has 0 fully saturated rings. The Hall–Kier alpha value is -1.18. The van der Waals surface area contributed by atoms with Gasteiger partial charge in [-0.15, -0.1) is 0 Å². The first kappa shape index (κ1) is 13.3. The molecule has 2 nitrogen and oxygen atoms in total. The van der Waals surface area contributed by atoms with Gasteiger partial charge in [0.2, 0.25) is 0 Å². The van der Waals surface area contributed by atoms with Crippen molar-refractivity contribution < 1.29 is 4.74 Å². The van der Waals surface area contributed by atoms with Gasteiger partial charge in [0.05, 0.1) is 12.2 Å². The van der Waals surface area contributed by atoms with Crippen molar-refractivity contribution in [3.05, 3.63) is 23.8 Å². The number of rotatable bonds is 0. The topological polar surface area (TPSA) is 12.5 Å². The average molecular weight is 247 g/mol. The maximum atomic E-state index is 5.77. The van der Waals surface area contributed by atoms with Crippen molar-refractivity contribution in [1.29, 1.82) is 0 Å². The molecule has 0 amide bonds. The predicted octanol–water partition coefficient (Wildman–Crippen LogP) is 3.98. The van der Waals surface area contributed by atoms with E-state index in [0.717, 1.165) is 18.9 Å². The quantitative estimate of drug-likeness (QED) is 0.687. The van der Waals surface area contributed by atoms with Gasteiger partial charge in [0.25, 0.3) is 0 Å². The van der Waals surface area contributed by atoms with E-state index in [1.54, 1.807) is 0 Å². The van der Waals surface area contributed by atoms with Gasteiger partial charge in [0.1, 0.15) is 12.4 Å². The lowest BCUT2D eigenvalue weighted by molar-refractivity contribution is 0.289. The summed E-state index contributed by atoms with van der Waals surface area (Å²) in [4.78, 5) is 2.45. The predicted molar refractivity (Wildman–Crippen MR) is 77.7 cm³/mol. The zero-order chi connectivity index (χ0) is 13.6. The van der Waals surface area contributed by atoms with E-state index in [1.807, 2.05) is 0 Å². The Morgan fingerprint density at radius 1 is 1.06 bits per heavy atom. The van der Waals surface area contributed by atoms with Crippen LogP contribution in [0.4, 0.5) is 5.69 Å². The normalized spacial score (nSPS) is 16.2. The summed E-state index contributed by atoms with van der Waals surface area (Å²) in [7, 11) is 0. The minimum Gasteiger partial charge on any atom is -0.490 e. The lowest BCUT2D eigenvalue weighted by Crippen LogP contribution is -2.46. The fraction of sp³-hybridized carbons (Fsp3) is 0.625. The van der Waals surface area contributed by atoms with E-state index in [4.69, 9.17) is 4.74 Å².